The normalized spacial score (nSPS) is 14.5. The molecular weight excluding hydrogens is 248 g/mol. The molecule has 0 radical (unpaired) electrons. The fourth-order valence-corrected chi connectivity index (χ4v) is 2.64. The number of phenolic OH excluding ortho intramolecular Hbond substituents is 1. The van der Waals surface area contributed by atoms with E-state index in [9.17, 15) is 5.11 Å². The molecule has 0 aliphatic carbocycles. The molecule has 3 nitrogen and oxygen atoms in total. The Hall–Kier alpha value is -2.16. The lowest BCUT2D eigenvalue weighted by atomic mass is 10.2. The van der Waals surface area contributed by atoms with Crippen LogP contribution in [-0.4, -0.2) is 18.2 Å². The first-order chi connectivity index (χ1) is 9.81. The molecule has 3 heteroatoms. The molecule has 0 aromatic heterocycles. The molecule has 1 aliphatic rings. The molecule has 2 N–H and O–H groups in total. The Bertz CT molecular complexity index is 559. The van der Waals surface area contributed by atoms with Gasteiger partial charge in [-0.3, -0.25) is 0 Å². The van der Waals surface area contributed by atoms with Gasteiger partial charge in [0.25, 0.3) is 0 Å². The Balaban J connectivity index is 1.60. The summed E-state index contributed by atoms with van der Waals surface area (Å²) in [6.45, 7) is 3.07. The molecule has 1 aliphatic heterocycles. The molecule has 2 aromatic rings. The third-order valence-electron chi connectivity index (χ3n) is 3.75. The molecule has 0 spiro atoms. The average molecular weight is 268 g/mol. The Labute approximate surface area is 119 Å². The second-order valence-electron chi connectivity index (χ2n) is 5.26. The van der Waals surface area contributed by atoms with Gasteiger partial charge in [0, 0.05) is 31.0 Å². The van der Waals surface area contributed by atoms with E-state index in [1.54, 1.807) is 12.1 Å². The number of rotatable bonds is 4. The van der Waals surface area contributed by atoms with Crippen LogP contribution >= 0.6 is 0 Å². The smallest absolute Gasteiger partial charge is 0.115 e. The van der Waals surface area contributed by atoms with Gasteiger partial charge in [-0.2, -0.15) is 0 Å². The maximum Gasteiger partial charge on any atom is 0.115 e. The Morgan fingerprint density at radius 1 is 1.00 bits per heavy atom. The summed E-state index contributed by atoms with van der Waals surface area (Å²) in [5.41, 5.74) is 3.50. The Morgan fingerprint density at radius 2 is 1.75 bits per heavy atom. The van der Waals surface area contributed by atoms with Crippen LogP contribution in [0.4, 0.5) is 11.4 Å². The summed E-state index contributed by atoms with van der Waals surface area (Å²) in [6, 6.07) is 15.9. The van der Waals surface area contributed by atoms with E-state index in [0.717, 1.165) is 17.8 Å². The van der Waals surface area contributed by atoms with Crippen LogP contribution in [0.2, 0.25) is 0 Å². The van der Waals surface area contributed by atoms with Crippen molar-refractivity contribution in [3.8, 4) is 5.75 Å². The molecule has 0 saturated carbocycles. The van der Waals surface area contributed by atoms with Crippen LogP contribution in [0.15, 0.2) is 48.5 Å². The van der Waals surface area contributed by atoms with Gasteiger partial charge in [0.2, 0.25) is 0 Å². The van der Waals surface area contributed by atoms with Crippen molar-refractivity contribution in [1.82, 2.24) is 0 Å². The molecule has 2 aromatic carbocycles. The van der Waals surface area contributed by atoms with Gasteiger partial charge in [-0.05, 0) is 54.8 Å². The zero-order valence-electron chi connectivity index (χ0n) is 11.5. The maximum atomic E-state index is 9.43. The van der Waals surface area contributed by atoms with Crippen LogP contribution in [0.1, 0.15) is 18.4 Å². The summed E-state index contributed by atoms with van der Waals surface area (Å²) < 4.78 is 0. The molecule has 0 bridgehead atoms. The number of hydrogen-bond donors (Lipinski definition) is 2. The maximum absolute atomic E-state index is 9.43. The van der Waals surface area contributed by atoms with Gasteiger partial charge in [0.05, 0.1) is 0 Å². The van der Waals surface area contributed by atoms with Crippen molar-refractivity contribution in [2.45, 2.75) is 19.4 Å². The molecule has 1 saturated heterocycles. The van der Waals surface area contributed by atoms with Crippen molar-refractivity contribution in [2.24, 2.45) is 0 Å². The highest BCUT2D eigenvalue weighted by Gasteiger charge is 2.11. The summed E-state index contributed by atoms with van der Waals surface area (Å²) >= 11 is 0. The van der Waals surface area contributed by atoms with E-state index >= 15 is 0 Å². The van der Waals surface area contributed by atoms with Crippen LogP contribution in [0.3, 0.4) is 0 Å². The van der Waals surface area contributed by atoms with Crippen molar-refractivity contribution in [2.75, 3.05) is 23.3 Å². The van der Waals surface area contributed by atoms with E-state index in [2.05, 4.69) is 34.5 Å². The fraction of sp³-hybridized carbons (Fsp3) is 0.294. The lowest BCUT2D eigenvalue weighted by Crippen LogP contribution is -2.17. The summed E-state index contributed by atoms with van der Waals surface area (Å²) in [4.78, 5) is 2.43. The highest BCUT2D eigenvalue weighted by atomic mass is 16.3. The molecule has 3 rings (SSSR count). The number of nitrogens with zero attached hydrogens (tertiary/aromatic N) is 1. The van der Waals surface area contributed by atoms with Crippen molar-refractivity contribution >= 4 is 11.4 Å². The van der Waals surface area contributed by atoms with Gasteiger partial charge in [-0.25, -0.2) is 0 Å². The molecule has 1 fully saturated rings. The monoisotopic (exact) mass is 268 g/mol. The second-order valence-corrected chi connectivity index (χ2v) is 5.26. The third-order valence-corrected chi connectivity index (χ3v) is 3.75. The number of phenols is 1. The van der Waals surface area contributed by atoms with E-state index < -0.39 is 0 Å². The predicted molar refractivity (Wildman–Crippen MR) is 83.3 cm³/mol. The lowest BCUT2D eigenvalue weighted by Gasteiger charge is -2.18. The lowest BCUT2D eigenvalue weighted by molar-refractivity contribution is 0.474. The van der Waals surface area contributed by atoms with Crippen LogP contribution < -0.4 is 10.2 Å². The average Bonchev–Trinajstić information content (AvgIpc) is 3.00. The topological polar surface area (TPSA) is 35.5 Å². The minimum Gasteiger partial charge on any atom is -0.508 e. The van der Waals surface area contributed by atoms with Crippen molar-refractivity contribution in [1.29, 1.82) is 0 Å². The Kier molecular flexibility index (Phi) is 3.77. The van der Waals surface area contributed by atoms with Crippen molar-refractivity contribution in [3.05, 3.63) is 54.1 Å². The van der Waals surface area contributed by atoms with Crippen LogP contribution in [0, 0.1) is 0 Å². The minimum atomic E-state index is 0.314. The zero-order valence-corrected chi connectivity index (χ0v) is 11.5. The zero-order chi connectivity index (χ0) is 13.8. The molecule has 104 valence electrons. The first-order valence-corrected chi connectivity index (χ1v) is 7.18. The minimum absolute atomic E-state index is 0.314. The largest absolute Gasteiger partial charge is 0.508 e. The summed E-state index contributed by atoms with van der Waals surface area (Å²) in [5, 5.41) is 12.8. The standard InChI is InChI=1S/C17H20N2O/c20-17-5-3-4-14(12-17)13-18-15-6-8-16(9-7-15)19-10-1-2-11-19/h3-9,12,18,20H,1-2,10-11,13H2. The van der Waals surface area contributed by atoms with Crippen LogP contribution in [0.25, 0.3) is 0 Å². The van der Waals surface area contributed by atoms with Gasteiger partial charge < -0.3 is 15.3 Å². The van der Waals surface area contributed by atoms with Crippen molar-refractivity contribution in [3.63, 3.8) is 0 Å². The van der Waals surface area contributed by atoms with Crippen LogP contribution in [-0.2, 0) is 6.54 Å². The van der Waals surface area contributed by atoms with Gasteiger partial charge >= 0.3 is 0 Å². The fourth-order valence-electron chi connectivity index (χ4n) is 2.64. The van der Waals surface area contributed by atoms with E-state index in [4.69, 9.17) is 0 Å². The van der Waals surface area contributed by atoms with E-state index in [1.807, 2.05) is 12.1 Å². The van der Waals surface area contributed by atoms with Gasteiger partial charge in [0.1, 0.15) is 5.75 Å². The quantitative estimate of drug-likeness (QED) is 0.889. The molecule has 0 atom stereocenters. The number of hydrogen-bond acceptors (Lipinski definition) is 3. The van der Waals surface area contributed by atoms with Gasteiger partial charge in [-0.1, -0.05) is 12.1 Å². The summed E-state index contributed by atoms with van der Waals surface area (Å²) in [5.74, 6) is 0.314. The second kappa shape index (κ2) is 5.87. The molecule has 0 amide bonds. The molecule has 20 heavy (non-hydrogen) atoms. The predicted octanol–water partition coefficient (Wildman–Crippen LogP) is 3.60. The molecule has 0 unspecified atom stereocenters. The number of anilines is 2. The van der Waals surface area contributed by atoms with Crippen LogP contribution in [0.5, 0.6) is 5.75 Å². The van der Waals surface area contributed by atoms with Gasteiger partial charge in [0.15, 0.2) is 0 Å². The van der Waals surface area contributed by atoms with E-state index in [-0.39, 0.29) is 0 Å². The van der Waals surface area contributed by atoms with Gasteiger partial charge in [-0.15, -0.1) is 0 Å². The SMILES string of the molecule is Oc1cccc(CNc2ccc(N3CCCC3)cc2)c1. The first kappa shape index (κ1) is 12.9. The Morgan fingerprint density at radius 3 is 2.45 bits per heavy atom. The highest BCUT2D eigenvalue weighted by molar-refractivity contribution is 5.55. The van der Waals surface area contributed by atoms with E-state index in [0.29, 0.717) is 5.75 Å². The number of aromatic hydroxyl groups is 1. The third kappa shape index (κ3) is 3.05. The number of nitrogens with one attached hydrogen (secondary N) is 1. The molecular formula is C17H20N2O. The summed E-state index contributed by atoms with van der Waals surface area (Å²) in [7, 11) is 0. The number of benzene rings is 2. The first-order valence-electron chi connectivity index (χ1n) is 7.18. The van der Waals surface area contributed by atoms with E-state index in [1.165, 1.54) is 31.6 Å². The summed E-state index contributed by atoms with van der Waals surface area (Å²) in [6.07, 6.45) is 2.61. The van der Waals surface area contributed by atoms with Crippen molar-refractivity contribution < 1.29 is 5.11 Å². The molecule has 1 heterocycles. The highest BCUT2D eigenvalue weighted by Crippen LogP contribution is 2.22.